The predicted octanol–water partition coefficient (Wildman–Crippen LogP) is 0.000300. The summed E-state index contributed by atoms with van der Waals surface area (Å²) in [5.41, 5.74) is 10.1. The maximum Gasteiger partial charge on any atom is 0.312 e. The van der Waals surface area contributed by atoms with Crippen LogP contribution in [0.5, 0.6) is 0 Å². The van der Waals surface area contributed by atoms with Gasteiger partial charge in [-0.2, -0.15) is 0 Å². The molecule has 0 saturated heterocycles. The van der Waals surface area contributed by atoms with Crippen molar-refractivity contribution in [1.29, 1.82) is 0 Å². The number of primary amides is 1. The van der Waals surface area contributed by atoms with Crippen molar-refractivity contribution in [2.45, 2.75) is 58.1 Å². The minimum absolute atomic E-state index is 0.245. The molecule has 128 valence electrons. The molecule has 0 rings (SSSR count). The molecular weight excluding hydrogens is 288 g/mol. The molecule has 0 aromatic rings. The van der Waals surface area contributed by atoms with E-state index in [2.05, 4.69) is 10.6 Å². The van der Waals surface area contributed by atoms with Crippen molar-refractivity contribution < 1.29 is 19.1 Å². The van der Waals surface area contributed by atoms with Gasteiger partial charge >= 0.3 is 12.0 Å². The quantitative estimate of drug-likeness (QED) is 0.350. The second-order valence-corrected chi connectivity index (χ2v) is 6.02. The van der Waals surface area contributed by atoms with Crippen LogP contribution in [-0.4, -0.2) is 42.6 Å². The van der Waals surface area contributed by atoms with Gasteiger partial charge in [0.2, 0.25) is 5.91 Å². The van der Waals surface area contributed by atoms with Gasteiger partial charge in [0.15, 0.2) is 0 Å². The molecule has 0 saturated carbocycles. The highest BCUT2D eigenvalue weighted by atomic mass is 16.6. The van der Waals surface area contributed by atoms with E-state index in [4.69, 9.17) is 16.2 Å². The molecule has 3 amide bonds. The molecule has 0 aromatic carbocycles. The monoisotopic (exact) mass is 316 g/mol. The van der Waals surface area contributed by atoms with E-state index in [1.807, 2.05) is 0 Å². The van der Waals surface area contributed by atoms with Gasteiger partial charge in [-0.15, -0.1) is 0 Å². The first-order valence-corrected chi connectivity index (χ1v) is 7.40. The zero-order chi connectivity index (χ0) is 17.2. The topological polar surface area (TPSA) is 137 Å². The summed E-state index contributed by atoms with van der Waals surface area (Å²) in [4.78, 5) is 33.6. The molecule has 0 aliphatic heterocycles. The van der Waals surface area contributed by atoms with E-state index in [-0.39, 0.29) is 18.3 Å². The van der Waals surface area contributed by atoms with Crippen LogP contribution in [0.4, 0.5) is 4.79 Å². The molecule has 0 spiro atoms. The van der Waals surface area contributed by atoms with Gasteiger partial charge in [-0.3, -0.25) is 9.59 Å². The van der Waals surface area contributed by atoms with Crippen molar-refractivity contribution in [2.24, 2.45) is 11.5 Å². The lowest BCUT2D eigenvalue weighted by Crippen LogP contribution is -2.41. The number of ether oxygens (including phenoxy) is 1. The molecule has 0 fully saturated rings. The summed E-state index contributed by atoms with van der Waals surface area (Å²) < 4.78 is 5.16. The van der Waals surface area contributed by atoms with Crippen molar-refractivity contribution >= 4 is 17.9 Å². The molecule has 0 heterocycles. The fourth-order valence-electron chi connectivity index (χ4n) is 1.63. The third-order valence-electron chi connectivity index (χ3n) is 2.60. The molecule has 8 nitrogen and oxygen atoms in total. The number of esters is 1. The Hall–Kier alpha value is -1.83. The smallest absolute Gasteiger partial charge is 0.312 e. The summed E-state index contributed by atoms with van der Waals surface area (Å²) in [7, 11) is 0. The van der Waals surface area contributed by atoms with Crippen LogP contribution in [0.25, 0.3) is 0 Å². The van der Waals surface area contributed by atoms with Crippen LogP contribution in [0.15, 0.2) is 0 Å². The van der Waals surface area contributed by atoms with Gasteiger partial charge in [0.1, 0.15) is 5.60 Å². The third-order valence-corrected chi connectivity index (χ3v) is 2.60. The summed E-state index contributed by atoms with van der Waals surface area (Å²) in [6.07, 6.45) is 1.75. The lowest BCUT2D eigenvalue weighted by atomic mass is 10.1. The Kier molecular flexibility index (Phi) is 9.16. The Morgan fingerprint density at radius 1 is 1.09 bits per heavy atom. The molecule has 1 atom stereocenters. The fourth-order valence-corrected chi connectivity index (χ4v) is 1.63. The average molecular weight is 316 g/mol. The number of rotatable bonds is 9. The highest BCUT2D eigenvalue weighted by Gasteiger charge is 2.16. The van der Waals surface area contributed by atoms with Gasteiger partial charge in [-0.05, 0) is 40.0 Å². The standard InChI is InChI=1S/C14H28N4O4/c1-14(2,3)22-11(19)7-5-8-17-12(20)10(15)6-4-9-18-13(16)21/h10H,4-9,15H2,1-3H3,(H,17,20)(H3,16,18,21)/t10-/m0/s1. The fraction of sp³-hybridized carbons (Fsp3) is 0.786. The maximum atomic E-state index is 11.7. The first kappa shape index (κ1) is 20.2. The van der Waals surface area contributed by atoms with Crippen LogP contribution in [0, 0.1) is 0 Å². The number of carbonyl (C=O) groups excluding carboxylic acids is 3. The maximum absolute atomic E-state index is 11.7. The molecule has 8 heteroatoms. The summed E-state index contributed by atoms with van der Waals surface area (Å²) in [5.74, 6) is -0.563. The lowest BCUT2D eigenvalue weighted by Gasteiger charge is -2.19. The molecule has 0 aromatic heterocycles. The van der Waals surface area contributed by atoms with E-state index in [1.54, 1.807) is 20.8 Å². The van der Waals surface area contributed by atoms with Crippen LogP contribution in [0.1, 0.15) is 46.5 Å². The molecule has 6 N–H and O–H groups in total. The van der Waals surface area contributed by atoms with Crippen LogP contribution in [0.3, 0.4) is 0 Å². The minimum Gasteiger partial charge on any atom is -0.460 e. The second kappa shape index (κ2) is 9.99. The van der Waals surface area contributed by atoms with Crippen LogP contribution in [-0.2, 0) is 14.3 Å². The second-order valence-electron chi connectivity index (χ2n) is 6.02. The molecule has 0 bridgehead atoms. The Bertz CT molecular complexity index is 380. The van der Waals surface area contributed by atoms with Crippen molar-refractivity contribution in [3.05, 3.63) is 0 Å². The molecule has 0 aliphatic carbocycles. The average Bonchev–Trinajstić information content (AvgIpc) is 2.36. The molecule has 0 radical (unpaired) electrons. The summed E-state index contributed by atoms with van der Waals surface area (Å²) in [6, 6.07) is -1.24. The van der Waals surface area contributed by atoms with Gasteiger partial charge in [0, 0.05) is 19.5 Å². The van der Waals surface area contributed by atoms with Crippen molar-refractivity contribution in [2.75, 3.05) is 13.1 Å². The predicted molar refractivity (Wildman–Crippen MR) is 82.9 cm³/mol. The zero-order valence-corrected chi connectivity index (χ0v) is 13.6. The van der Waals surface area contributed by atoms with Crippen LogP contribution in [0.2, 0.25) is 0 Å². The first-order valence-electron chi connectivity index (χ1n) is 7.40. The number of carbonyl (C=O) groups is 3. The van der Waals surface area contributed by atoms with Crippen molar-refractivity contribution in [1.82, 2.24) is 10.6 Å². The van der Waals surface area contributed by atoms with Gasteiger partial charge in [-0.25, -0.2) is 4.79 Å². The summed E-state index contributed by atoms with van der Waals surface area (Å²) >= 11 is 0. The van der Waals surface area contributed by atoms with Crippen molar-refractivity contribution in [3.63, 3.8) is 0 Å². The normalized spacial score (nSPS) is 12.4. The Morgan fingerprint density at radius 2 is 1.68 bits per heavy atom. The van der Waals surface area contributed by atoms with Gasteiger partial charge in [0.25, 0.3) is 0 Å². The highest BCUT2D eigenvalue weighted by Crippen LogP contribution is 2.08. The van der Waals surface area contributed by atoms with E-state index < -0.39 is 17.7 Å². The van der Waals surface area contributed by atoms with Crippen LogP contribution < -0.4 is 22.1 Å². The van der Waals surface area contributed by atoms with E-state index in [1.165, 1.54) is 0 Å². The van der Waals surface area contributed by atoms with Gasteiger partial charge in [-0.1, -0.05) is 0 Å². The first-order chi connectivity index (χ1) is 10.1. The Morgan fingerprint density at radius 3 is 2.23 bits per heavy atom. The number of hydrogen-bond donors (Lipinski definition) is 4. The SMILES string of the molecule is CC(C)(C)OC(=O)CCCNC(=O)[C@@H](N)CCCNC(N)=O. The number of hydrogen-bond acceptors (Lipinski definition) is 5. The largest absolute Gasteiger partial charge is 0.460 e. The zero-order valence-electron chi connectivity index (χ0n) is 13.6. The summed E-state index contributed by atoms with van der Waals surface area (Å²) in [5, 5.41) is 5.09. The Balaban J connectivity index is 3.71. The number of nitrogens with two attached hydrogens (primary N) is 2. The molecule has 0 unspecified atom stereocenters. The van der Waals surface area contributed by atoms with E-state index in [0.29, 0.717) is 32.4 Å². The van der Waals surface area contributed by atoms with Gasteiger partial charge in [0.05, 0.1) is 6.04 Å². The highest BCUT2D eigenvalue weighted by molar-refractivity contribution is 5.81. The third kappa shape index (κ3) is 12.0. The van der Waals surface area contributed by atoms with E-state index in [9.17, 15) is 14.4 Å². The molecular formula is C14H28N4O4. The summed E-state index contributed by atoms with van der Waals surface area (Å²) in [6.45, 7) is 6.16. The van der Waals surface area contributed by atoms with Crippen molar-refractivity contribution in [3.8, 4) is 0 Å². The van der Waals surface area contributed by atoms with Gasteiger partial charge < -0.3 is 26.8 Å². The minimum atomic E-state index is -0.642. The number of urea groups is 1. The van der Waals surface area contributed by atoms with Crippen LogP contribution >= 0.6 is 0 Å². The lowest BCUT2D eigenvalue weighted by molar-refractivity contribution is -0.155. The molecule has 0 aliphatic rings. The Labute approximate surface area is 131 Å². The van der Waals surface area contributed by atoms with E-state index >= 15 is 0 Å². The number of amides is 3. The molecule has 22 heavy (non-hydrogen) atoms. The van der Waals surface area contributed by atoms with E-state index in [0.717, 1.165) is 0 Å². The number of nitrogens with one attached hydrogen (secondary N) is 2.